The largest absolute Gasteiger partial charge is 0.382 e. The Morgan fingerprint density at radius 1 is 1.48 bits per heavy atom. The van der Waals surface area contributed by atoms with Gasteiger partial charge in [-0.1, -0.05) is 19.4 Å². The van der Waals surface area contributed by atoms with Crippen molar-refractivity contribution in [3.05, 3.63) is 24.3 Å². The minimum atomic E-state index is -0.408. The van der Waals surface area contributed by atoms with Gasteiger partial charge in [0.2, 0.25) is 11.6 Å². The van der Waals surface area contributed by atoms with E-state index in [9.17, 15) is 4.79 Å². The summed E-state index contributed by atoms with van der Waals surface area (Å²) in [6, 6.07) is 8.62. The highest BCUT2D eigenvalue weighted by molar-refractivity contribution is 6.45. The molecule has 110 valence electrons. The first-order valence-electron chi connectivity index (χ1n) is 6.55. The van der Waals surface area contributed by atoms with Gasteiger partial charge >= 0.3 is 0 Å². The van der Waals surface area contributed by atoms with Crippen molar-refractivity contribution in [2.45, 2.75) is 26.2 Å². The van der Waals surface area contributed by atoms with Crippen LogP contribution in [-0.2, 0) is 4.79 Å². The highest BCUT2D eigenvalue weighted by Gasteiger charge is 2.03. The lowest BCUT2D eigenvalue weighted by atomic mass is 10.2. The van der Waals surface area contributed by atoms with Crippen LogP contribution in [0.5, 0.6) is 0 Å². The van der Waals surface area contributed by atoms with Crippen LogP contribution in [0, 0.1) is 16.7 Å². The molecule has 0 saturated heterocycles. The second-order valence-corrected chi connectivity index (χ2v) is 4.33. The molecule has 0 bridgehead atoms. The molecule has 0 unspecified atom stereocenters. The summed E-state index contributed by atoms with van der Waals surface area (Å²) in [5.74, 6) is -0.451. The number of carbonyl (C=O) groups is 1. The van der Waals surface area contributed by atoms with Gasteiger partial charge in [-0.15, -0.1) is 0 Å². The van der Waals surface area contributed by atoms with Crippen LogP contribution in [0.1, 0.15) is 26.2 Å². The molecule has 7 nitrogen and oxygen atoms in total. The number of unbranched alkanes of at least 4 members (excludes halogenated alkanes) is 1. The molecule has 0 saturated carbocycles. The molecule has 5 N–H and O–H groups in total. The van der Waals surface area contributed by atoms with E-state index in [1.54, 1.807) is 30.3 Å². The number of benzene rings is 1. The fraction of sp³-hybridized carbons (Fsp3) is 0.286. The molecule has 21 heavy (non-hydrogen) atoms. The van der Waals surface area contributed by atoms with Gasteiger partial charge in [-0.3, -0.25) is 15.6 Å². The van der Waals surface area contributed by atoms with Gasteiger partial charge in [-0.05, 0) is 24.6 Å². The number of hydrazone groups is 1. The third kappa shape index (κ3) is 5.74. The number of anilines is 2. The first kappa shape index (κ1) is 16.2. The SMILES string of the molecule is CCCCC(=O)Nc1cccc(N/N=C(\C#N)C(=N)N)c1. The Balaban J connectivity index is 2.71. The van der Waals surface area contributed by atoms with Gasteiger partial charge in [0.25, 0.3) is 0 Å². The summed E-state index contributed by atoms with van der Waals surface area (Å²) in [6.45, 7) is 2.03. The average molecular weight is 286 g/mol. The average Bonchev–Trinajstić information content (AvgIpc) is 2.46. The molecule has 0 aromatic heterocycles. The first-order chi connectivity index (χ1) is 10.1. The number of carbonyl (C=O) groups excluding carboxylic acids is 1. The van der Waals surface area contributed by atoms with E-state index < -0.39 is 5.84 Å². The van der Waals surface area contributed by atoms with E-state index in [1.165, 1.54) is 0 Å². The number of nitrogens with one attached hydrogen (secondary N) is 3. The van der Waals surface area contributed by atoms with Gasteiger partial charge in [0.1, 0.15) is 6.07 Å². The molecule has 0 aliphatic heterocycles. The number of hydrogen-bond acceptors (Lipinski definition) is 5. The molecule has 0 fully saturated rings. The number of hydrogen-bond donors (Lipinski definition) is 4. The Morgan fingerprint density at radius 2 is 2.19 bits per heavy atom. The van der Waals surface area contributed by atoms with Crippen molar-refractivity contribution < 1.29 is 4.79 Å². The molecule has 0 spiro atoms. The fourth-order valence-corrected chi connectivity index (χ4v) is 1.49. The summed E-state index contributed by atoms with van der Waals surface area (Å²) in [7, 11) is 0. The second-order valence-electron chi connectivity index (χ2n) is 4.33. The van der Waals surface area contributed by atoms with Gasteiger partial charge in [-0.25, -0.2) is 0 Å². The van der Waals surface area contributed by atoms with Gasteiger partial charge in [0.05, 0.1) is 5.69 Å². The van der Waals surface area contributed by atoms with Crippen LogP contribution in [0.2, 0.25) is 0 Å². The van der Waals surface area contributed by atoms with Crippen molar-refractivity contribution in [3.8, 4) is 6.07 Å². The number of amides is 1. The van der Waals surface area contributed by atoms with Gasteiger partial charge < -0.3 is 11.1 Å². The zero-order valence-electron chi connectivity index (χ0n) is 11.8. The molecule has 0 aliphatic rings. The molecule has 0 heterocycles. The maximum Gasteiger partial charge on any atom is 0.224 e. The zero-order chi connectivity index (χ0) is 15.7. The molecule has 7 heteroatoms. The third-order valence-corrected chi connectivity index (χ3v) is 2.56. The molecule has 1 aromatic carbocycles. The Bertz CT molecular complexity index is 587. The number of amidine groups is 1. The van der Waals surface area contributed by atoms with Crippen LogP contribution in [0.15, 0.2) is 29.4 Å². The van der Waals surface area contributed by atoms with Crippen molar-refractivity contribution in [2.24, 2.45) is 10.8 Å². The van der Waals surface area contributed by atoms with Crippen molar-refractivity contribution >= 4 is 28.8 Å². The van der Waals surface area contributed by atoms with Crippen LogP contribution in [0.4, 0.5) is 11.4 Å². The molecule has 1 amide bonds. The first-order valence-corrected chi connectivity index (χ1v) is 6.55. The molecule has 0 aliphatic carbocycles. The van der Waals surface area contributed by atoms with Crippen LogP contribution in [0.25, 0.3) is 0 Å². The summed E-state index contributed by atoms with van der Waals surface area (Å²) in [4.78, 5) is 11.6. The van der Waals surface area contributed by atoms with Crippen molar-refractivity contribution in [2.75, 3.05) is 10.7 Å². The van der Waals surface area contributed by atoms with Crippen molar-refractivity contribution in [1.29, 1.82) is 10.7 Å². The Hall–Kier alpha value is -2.88. The molecular formula is C14H18N6O. The standard InChI is InChI=1S/C14H18N6O/c1-2-3-7-13(21)18-10-5-4-6-11(8-10)19-20-12(9-15)14(16)17/h4-6,8,19H,2-3,7H2,1H3,(H3,16,17)(H,18,21)/b20-12+. The van der Waals surface area contributed by atoms with E-state index in [2.05, 4.69) is 15.8 Å². The van der Waals surface area contributed by atoms with E-state index in [0.717, 1.165) is 12.8 Å². The molecular weight excluding hydrogens is 268 g/mol. The van der Waals surface area contributed by atoms with E-state index in [4.69, 9.17) is 16.4 Å². The van der Waals surface area contributed by atoms with E-state index in [1.807, 2.05) is 6.92 Å². The van der Waals surface area contributed by atoms with Crippen molar-refractivity contribution in [1.82, 2.24) is 0 Å². The monoisotopic (exact) mass is 286 g/mol. The molecule has 0 atom stereocenters. The zero-order valence-corrected chi connectivity index (χ0v) is 11.8. The van der Waals surface area contributed by atoms with Crippen LogP contribution in [-0.4, -0.2) is 17.5 Å². The van der Waals surface area contributed by atoms with E-state index >= 15 is 0 Å². The third-order valence-electron chi connectivity index (χ3n) is 2.56. The van der Waals surface area contributed by atoms with Crippen molar-refractivity contribution in [3.63, 3.8) is 0 Å². The molecule has 0 radical (unpaired) electrons. The fourth-order valence-electron chi connectivity index (χ4n) is 1.49. The minimum Gasteiger partial charge on any atom is -0.382 e. The number of nitriles is 1. The lowest BCUT2D eigenvalue weighted by Crippen LogP contribution is -2.21. The molecule has 1 rings (SSSR count). The number of nitrogens with two attached hydrogens (primary N) is 1. The van der Waals surface area contributed by atoms with Crippen LogP contribution in [0.3, 0.4) is 0 Å². The summed E-state index contributed by atoms with van der Waals surface area (Å²) in [6.07, 6.45) is 2.29. The summed E-state index contributed by atoms with van der Waals surface area (Å²) >= 11 is 0. The summed E-state index contributed by atoms with van der Waals surface area (Å²) < 4.78 is 0. The lowest BCUT2D eigenvalue weighted by molar-refractivity contribution is -0.116. The van der Waals surface area contributed by atoms with Crippen LogP contribution >= 0.6 is 0 Å². The van der Waals surface area contributed by atoms with E-state index in [0.29, 0.717) is 17.8 Å². The number of rotatable bonds is 7. The normalized spacial score (nSPS) is 10.6. The van der Waals surface area contributed by atoms with Gasteiger partial charge in [0.15, 0.2) is 5.84 Å². The van der Waals surface area contributed by atoms with Crippen LogP contribution < -0.4 is 16.5 Å². The highest BCUT2D eigenvalue weighted by atomic mass is 16.1. The highest BCUT2D eigenvalue weighted by Crippen LogP contribution is 2.15. The Labute approximate surface area is 123 Å². The predicted molar refractivity (Wildman–Crippen MR) is 83.2 cm³/mol. The second kappa shape index (κ2) is 8.32. The number of nitrogens with zero attached hydrogens (tertiary/aromatic N) is 2. The Morgan fingerprint density at radius 3 is 2.81 bits per heavy atom. The van der Waals surface area contributed by atoms with Gasteiger partial charge in [0, 0.05) is 12.1 Å². The minimum absolute atomic E-state index is 0.0426. The van der Waals surface area contributed by atoms with Gasteiger partial charge in [-0.2, -0.15) is 10.4 Å². The predicted octanol–water partition coefficient (Wildman–Crippen LogP) is 2.04. The maximum absolute atomic E-state index is 11.6. The lowest BCUT2D eigenvalue weighted by Gasteiger charge is -2.07. The quantitative estimate of drug-likeness (QED) is 0.347. The smallest absolute Gasteiger partial charge is 0.224 e. The topological polar surface area (TPSA) is 127 Å². The summed E-state index contributed by atoms with van der Waals surface area (Å²) in [5, 5.41) is 22.4. The molecule has 1 aromatic rings. The van der Waals surface area contributed by atoms with E-state index in [-0.39, 0.29) is 11.6 Å². The summed E-state index contributed by atoms with van der Waals surface area (Å²) in [5.41, 5.74) is 8.83. The maximum atomic E-state index is 11.6. The Kier molecular flexibility index (Phi) is 6.41.